The Morgan fingerprint density at radius 3 is 2.38 bits per heavy atom. The van der Waals surface area contributed by atoms with E-state index in [0.29, 0.717) is 22.8 Å². The number of rotatable bonds is 5. The minimum Gasteiger partial charge on any atom is -0.421 e. The average Bonchev–Trinajstić information content (AvgIpc) is 3.11. The average molecular weight is 374 g/mol. The molecule has 0 aliphatic rings. The van der Waals surface area contributed by atoms with Crippen LogP contribution in [0.4, 0.5) is 0 Å². The number of H-pyrrole nitrogens is 1. The van der Waals surface area contributed by atoms with E-state index in [0.717, 1.165) is 11.1 Å². The quantitative estimate of drug-likeness (QED) is 0.715. The van der Waals surface area contributed by atoms with Crippen molar-refractivity contribution in [3.8, 4) is 11.5 Å². The zero-order chi connectivity index (χ0) is 19.1. The molecule has 3 aromatic rings. The lowest BCUT2D eigenvalue weighted by molar-refractivity contribution is 0.530. The van der Waals surface area contributed by atoms with Crippen molar-refractivity contribution in [1.29, 1.82) is 0 Å². The van der Waals surface area contributed by atoms with E-state index in [1.165, 1.54) is 5.56 Å². The first-order valence-corrected chi connectivity index (χ1v) is 9.73. The van der Waals surface area contributed by atoms with Gasteiger partial charge in [-0.15, -0.1) is 10.2 Å². The van der Waals surface area contributed by atoms with E-state index in [9.17, 15) is 8.42 Å². The van der Waals surface area contributed by atoms with Crippen molar-refractivity contribution < 1.29 is 12.8 Å². The van der Waals surface area contributed by atoms with Gasteiger partial charge in [0.2, 0.25) is 15.9 Å². The van der Waals surface area contributed by atoms with Crippen LogP contribution in [0.3, 0.4) is 0 Å². The molecule has 2 aromatic heterocycles. The smallest absolute Gasteiger partial charge is 0.250 e. The predicted octanol–water partition coefficient (Wildman–Crippen LogP) is 3.09. The van der Waals surface area contributed by atoms with Crippen molar-refractivity contribution in [3.05, 3.63) is 52.2 Å². The number of aromatic nitrogens is 3. The molecule has 0 atom stereocenters. The van der Waals surface area contributed by atoms with Crippen molar-refractivity contribution in [2.75, 3.05) is 0 Å². The second kappa shape index (κ2) is 6.69. The van der Waals surface area contributed by atoms with Gasteiger partial charge in [0.15, 0.2) is 0 Å². The van der Waals surface area contributed by atoms with Gasteiger partial charge in [-0.05, 0) is 44.4 Å². The van der Waals surface area contributed by atoms with Crippen molar-refractivity contribution in [2.24, 2.45) is 0 Å². The molecular formula is C18H22N4O3S. The molecule has 0 unspecified atom stereocenters. The molecule has 0 saturated carbocycles. The highest BCUT2D eigenvalue weighted by Crippen LogP contribution is 2.32. The topological polar surface area (TPSA) is 101 Å². The Balaban J connectivity index is 1.95. The molecule has 0 saturated heterocycles. The molecule has 8 heteroatoms. The molecular weight excluding hydrogens is 352 g/mol. The highest BCUT2D eigenvalue weighted by molar-refractivity contribution is 7.89. The zero-order valence-corrected chi connectivity index (χ0v) is 16.3. The summed E-state index contributed by atoms with van der Waals surface area (Å²) in [5.41, 5.74) is 4.80. The molecule has 0 fully saturated rings. The molecule has 0 radical (unpaired) electrons. The molecule has 2 heterocycles. The molecule has 26 heavy (non-hydrogen) atoms. The van der Waals surface area contributed by atoms with Gasteiger partial charge in [-0.2, -0.15) is 0 Å². The van der Waals surface area contributed by atoms with Crippen LogP contribution in [0, 0.1) is 34.6 Å². The molecule has 0 spiro atoms. The maximum Gasteiger partial charge on any atom is 0.250 e. The van der Waals surface area contributed by atoms with E-state index >= 15 is 0 Å². The fraction of sp³-hybridized carbons (Fsp3) is 0.333. The molecule has 138 valence electrons. The van der Waals surface area contributed by atoms with Crippen LogP contribution in [-0.2, 0) is 16.6 Å². The van der Waals surface area contributed by atoms with Crippen molar-refractivity contribution in [3.63, 3.8) is 0 Å². The van der Waals surface area contributed by atoms with Gasteiger partial charge in [0.1, 0.15) is 4.90 Å². The van der Waals surface area contributed by atoms with Gasteiger partial charge >= 0.3 is 0 Å². The minimum absolute atomic E-state index is 0.141. The first-order valence-electron chi connectivity index (χ1n) is 8.24. The molecule has 0 aliphatic heterocycles. The zero-order valence-electron chi connectivity index (χ0n) is 15.5. The van der Waals surface area contributed by atoms with Gasteiger partial charge in [-0.3, -0.25) is 0 Å². The summed E-state index contributed by atoms with van der Waals surface area (Å²) in [6, 6.07) is 5.88. The van der Waals surface area contributed by atoms with E-state index in [-0.39, 0.29) is 17.3 Å². The Labute approximate surface area is 152 Å². The second-order valence-corrected chi connectivity index (χ2v) is 8.15. The number of aryl methyl sites for hydroxylation is 5. The maximum atomic E-state index is 13.0. The molecule has 0 amide bonds. The Morgan fingerprint density at radius 1 is 1.04 bits per heavy atom. The monoisotopic (exact) mass is 374 g/mol. The normalized spacial score (nSPS) is 11.9. The van der Waals surface area contributed by atoms with Crippen molar-refractivity contribution >= 4 is 10.0 Å². The first kappa shape index (κ1) is 18.3. The predicted molar refractivity (Wildman–Crippen MR) is 98.2 cm³/mol. The summed E-state index contributed by atoms with van der Waals surface area (Å²) < 4.78 is 34.1. The van der Waals surface area contributed by atoms with Crippen molar-refractivity contribution in [1.82, 2.24) is 19.9 Å². The summed E-state index contributed by atoms with van der Waals surface area (Å²) in [6.45, 7) is 9.39. The summed E-state index contributed by atoms with van der Waals surface area (Å²) in [4.78, 5) is 3.20. The van der Waals surface area contributed by atoms with Crippen LogP contribution >= 0.6 is 0 Å². The number of sulfonamides is 1. The largest absolute Gasteiger partial charge is 0.421 e. The molecule has 3 rings (SSSR count). The van der Waals surface area contributed by atoms with Gasteiger partial charge in [0.25, 0.3) is 5.89 Å². The summed E-state index contributed by atoms with van der Waals surface area (Å²) in [6.07, 6.45) is 0. The molecule has 0 aliphatic carbocycles. The Kier molecular flexibility index (Phi) is 4.72. The summed E-state index contributed by atoms with van der Waals surface area (Å²) in [7, 11) is -3.77. The first-order chi connectivity index (χ1) is 12.2. The van der Waals surface area contributed by atoms with Crippen LogP contribution in [0.5, 0.6) is 0 Å². The number of hydrogen-bond donors (Lipinski definition) is 2. The third-order valence-corrected chi connectivity index (χ3v) is 5.94. The maximum absolute atomic E-state index is 13.0. The molecule has 2 N–H and O–H groups in total. The molecule has 1 aromatic carbocycles. The fourth-order valence-corrected chi connectivity index (χ4v) is 4.38. The molecule has 7 nitrogen and oxygen atoms in total. The lowest BCUT2D eigenvalue weighted by atomic mass is 10.1. The summed E-state index contributed by atoms with van der Waals surface area (Å²) >= 11 is 0. The minimum atomic E-state index is -3.77. The van der Waals surface area contributed by atoms with Gasteiger partial charge in [0, 0.05) is 24.9 Å². The Morgan fingerprint density at radius 2 is 1.77 bits per heavy atom. The fourth-order valence-electron chi connectivity index (χ4n) is 2.91. The van der Waals surface area contributed by atoms with E-state index in [2.05, 4.69) is 19.9 Å². The van der Waals surface area contributed by atoms with Gasteiger partial charge in [-0.1, -0.05) is 18.2 Å². The van der Waals surface area contributed by atoms with E-state index < -0.39 is 10.0 Å². The summed E-state index contributed by atoms with van der Waals surface area (Å²) in [5.74, 6) is 0.570. The van der Waals surface area contributed by atoms with Gasteiger partial charge < -0.3 is 9.40 Å². The lowest BCUT2D eigenvalue weighted by Gasteiger charge is -2.09. The Bertz CT molecular complexity index is 1060. The van der Waals surface area contributed by atoms with E-state index in [1.54, 1.807) is 20.8 Å². The van der Waals surface area contributed by atoms with E-state index in [4.69, 9.17) is 4.42 Å². The van der Waals surface area contributed by atoms with Crippen molar-refractivity contribution in [2.45, 2.75) is 46.1 Å². The lowest BCUT2D eigenvalue weighted by Crippen LogP contribution is -2.24. The Hall–Kier alpha value is -2.45. The second-order valence-electron chi connectivity index (χ2n) is 6.45. The third kappa shape index (κ3) is 3.42. The SMILES string of the molecule is Cc1nnc(-c2c(C)[nH]c(C)c2S(=O)(=O)NCc2ccc(C)c(C)c2)o1. The van der Waals surface area contributed by atoms with E-state index in [1.807, 2.05) is 32.0 Å². The van der Waals surface area contributed by atoms with Crippen LogP contribution in [0.2, 0.25) is 0 Å². The number of nitrogens with zero attached hydrogens (tertiary/aromatic N) is 2. The number of nitrogens with one attached hydrogen (secondary N) is 2. The highest BCUT2D eigenvalue weighted by atomic mass is 32.2. The van der Waals surface area contributed by atoms with Gasteiger partial charge in [0.05, 0.1) is 5.56 Å². The number of aromatic amines is 1. The highest BCUT2D eigenvalue weighted by Gasteiger charge is 2.28. The number of benzene rings is 1. The molecule has 0 bridgehead atoms. The van der Waals surface area contributed by atoms with Crippen LogP contribution in [0.25, 0.3) is 11.5 Å². The van der Waals surface area contributed by atoms with Crippen LogP contribution in [0.15, 0.2) is 27.5 Å². The van der Waals surface area contributed by atoms with Crippen LogP contribution < -0.4 is 4.72 Å². The van der Waals surface area contributed by atoms with Crippen LogP contribution in [-0.4, -0.2) is 23.6 Å². The third-order valence-electron chi connectivity index (χ3n) is 4.36. The van der Waals surface area contributed by atoms with Gasteiger partial charge in [-0.25, -0.2) is 13.1 Å². The number of hydrogen-bond acceptors (Lipinski definition) is 5. The van der Waals surface area contributed by atoms with Crippen LogP contribution in [0.1, 0.15) is 34.0 Å². The summed E-state index contributed by atoms with van der Waals surface area (Å²) in [5, 5.41) is 7.78. The standard InChI is InChI=1S/C18H22N4O3S/c1-10-6-7-15(8-11(10)2)9-19-26(23,24)17-13(4)20-12(3)16(17)18-22-21-14(5)25-18/h6-8,19-20H,9H2,1-5H3.